The number of carbonyl (C=O) groups excluding carboxylic acids is 1. The second-order valence-corrected chi connectivity index (χ2v) is 7.65. The molecule has 4 rings (SSSR count). The minimum atomic E-state index is -0.398. The lowest BCUT2D eigenvalue weighted by Crippen LogP contribution is -2.36. The fourth-order valence-electron chi connectivity index (χ4n) is 4.04. The number of H-pyrrole nitrogens is 1. The molecule has 1 saturated carbocycles. The second-order valence-electron chi connectivity index (χ2n) is 7.65. The second kappa shape index (κ2) is 7.25. The van der Waals surface area contributed by atoms with Crippen LogP contribution in [0.5, 0.6) is 0 Å². The highest BCUT2D eigenvalue weighted by Gasteiger charge is 2.29. The van der Waals surface area contributed by atoms with Gasteiger partial charge in [0.25, 0.3) is 5.56 Å². The minimum absolute atomic E-state index is 0.0168. The van der Waals surface area contributed by atoms with Gasteiger partial charge in [0.05, 0.1) is 11.4 Å². The Morgan fingerprint density at radius 1 is 1.22 bits per heavy atom. The molecule has 2 aliphatic rings. The summed E-state index contributed by atoms with van der Waals surface area (Å²) in [6, 6.07) is 4.86. The SMILES string of the molecule is CN(C(=O)C1CCC1)c1cc(Cc2n[nH]c(=O)c3c2CCCC3)ccc1F. The first-order valence-corrected chi connectivity index (χ1v) is 9.70. The maximum atomic E-state index is 14.4. The lowest BCUT2D eigenvalue weighted by atomic mass is 9.84. The predicted octanol–water partition coefficient (Wildman–Crippen LogP) is 3.14. The number of hydrogen-bond donors (Lipinski definition) is 1. The number of rotatable bonds is 4. The van der Waals surface area contributed by atoms with Gasteiger partial charge in [0.2, 0.25) is 5.91 Å². The number of halogens is 1. The summed E-state index contributed by atoms with van der Waals surface area (Å²) < 4.78 is 14.4. The highest BCUT2D eigenvalue weighted by Crippen LogP contribution is 2.31. The molecule has 0 spiro atoms. The number of carbonyl (C=O) groups is 1. The zero-order chi connectivity index (χ0) is 19.0. The Hall–Kier alpha value is -2.50. The Balaban J connectivity index is 1.62. The summed E-state index contributed by atoms with van der Waals surface area (Å²) >= 11 is 0. The standard InChI is InChI=1S/C21H24FN3O2/c1-25(21(27)14-5-4-6-14)19-12-13(9-10-17(19)22)11-18-15-7-2-3-8-16(15)20(26)24-23-18/h9-10,12,14H,2-8,11H2,1H3,(H,24,26). The van der Waals surface area contributed by atoms with E-state index in [9.17, 15) is 14.0 Å². The number of amides is 1. The molecule has 0 bridgehead atoms. The van der Waals surface area contributed by atoms with E-state index >= 15 is 0 Å². The van der Waals surface area contributed by atoms with Gasteiger partial charge >= 0.3 is 0 Å². The predicted molar refractivity (Wildman–Crippen MR) is 101 cm³/mol. The van der Waals surface area contributed by atoms with E-state index in [1.54, 1.807) is 19.2 Å². The van der Waals surface area contributed by atoms with Crippen LogP contribution in [-0.4, -0.2) is 23.2 Å². The number of nitrogens with one attached hydrogen (secondary N) is 1. The number of aromatic nitrogens is 2. The third-order valence-corrected chi connectivity index (χ3v) is 5.91. The molecule has 1 aromatic carbocycles. The van der Waals surface area contributed by atoms with Crippen LogP contribution in [0.25, 0.3) is 0 Å². The lowest BCUT2D eigenvalue weighted by Gasteiger charge is -2.29. The molecule has 2 aliphatic carbocycles. The lowest BCUT2D eigenvalue weighted by molar-refractivity contribution is -0.124. The van der Waals surface area contributed by atoms with Crippen molar-refractivity contribution in [3.8, 4) is 0 Å². The van der Waals surface area contributed by atoms with Crippen LogP contribution in [-0.2, 0) is 24.1 Å². The molecule has 2 aromatic rings. The van der Waals surface area contributed by atoms with Crippen molar-refractivity contribution in [3.63, 3.8) is 0 Å². The Bertz CT molecular complexity index is 934. The van der Waals surface area contributed by atoms with E-state index in [0.29, 0.717) is 12.1 Å². The molecule has 0 saturated heterocycles. The van der Waals surface area contributed by atoms with E-state index in [-0.39, 0.29) is 17.4 Å². The topological polar surface area (TPSA) is 66.1 Å². The molecule has 1 fully saturated rings. The number of hydrogen-bond acceptors (Lipinski definition) is 3. The Morgan fingerprint density at radius 2 is 1.96 bits per heavy atom. The fraction of sp³-hybridized carbons (Fsp3) is 0.476. The highest BCUT2D eigenvalue weighted by molar-refractivity contribution is 5.95. The minimum Gasteiger partial charge on any atom is -0.313 e. The van der Waals surface area contributed by atoms with Gasteiger partial charge in [-0.2, -0.15) is 5.10 Å². The first-order chi connectivity index (χ1) is 13.0. The number of nitrogens with zero attached hydrogens (tertiary/aromatic N) is 2. The molecule has 0 radical (unpaired) electrons. The number of anilines is 1. The molecule has 5 nitrogen and oxygen atoms in total. The molecule has 1 aromatic heterocycles. The Labute approximate surface area is 157 Å². The average molecular weight is 369 g/mol. The van der Waals surface area contributed by atoms with E-state index in [2.05, 4.69) is 10.2 Å². The van der Waals surface area contributed by atoms with Gasteiger partial charge in [-0.05, 0) is 61.8 Å². The Kier molecular flexibility index (Phi) is 4.81. The number of aromatic amines is 1. The van der Waals surface area contributed by atoms with Crippen molar-refractivity contribution in [1.82, 2.24) is 10.2 Å². The number of fused-ring (bicyclic) bond motifs is 1. The third-order valence-electron chi connectivity index (χ3n) is 5.91. The van der Waals surface area contributed by atoms with E-state index in [1.807, 2.05) is 0 Å². The van der Waals surface area contributed by atoms with E-state index < -0.39 is 5.82 Å². The van der Waals surface area contributed by atoms with Gasteiger partial charge in [-0.15, -0.1) is 0 Å². The largest absolute Gasteiger partial charge is 0.313 e. The van der Waals surface area contributed by atoms with Crippen molar-refractivity contribution >= 4 is 11.6 Å². The summed E-state index contributed by atoms with van der Waals surface area (Å²) in [5.74, 6) is -0.395. The zero-order valence-electron chi connectivity index (χ0n) is 15.6. The molecular formula is C21H24FN3O2. The van der Waals surface area contributed by atoms with Crippen LogP contribution in [0.4, 0.5) is 10.1 Å². The summed E-state index contributed by atoms with van der Waals surface area (Å²) in [6.45, 7) is 0. The van der Waals surface area contributed by atoms with Crippen molar-refractivity contribution in [3.05, 3.63) is 56.8 Å². The van der Waals surface area contributed by atoms with Gasteiger partial charge in [-0.1, -0.05) is 12.5 Å². The zero-order valence-corrected chi connectivity index (χ0v) is 15.6. The summed E-state index contributed by atoms with van der Waals surface area (Å²) in [5, 5.41) is 6.86. The summed E-state index contributed by atoms with van der Waals surface area (Å²) in [7, 11) is 1.64. The van der Waals surface area contributed by atoms with Gasteiger partial charge in [0.15, 0.2) is 0 Å². The molecule has 27 heavy (non-hydrogen) atoms. The van der Waals surface area contributed by atoms with Gasteiger partial charge in [-0.25, -0.2) is 9.49 Å². The maximum absolute atomic E-state index is 14.4. The van der Waals surface area contributed by atoms with Crippen LogP contribution in [0.15, 0.2) is 23.0 Å². The van der Waals surface area contributed by atoms with Crippen molar-refractivity contribution < 1.29 is 9.18 Å². The highest BCUT2D eigenvalue weighted by atomic mass is 19.1. The van der Waals surface area contributed by atoms with Crippen LogP contribution in [0, 0.1) is 11.7 Å². The molecule has 6 heteroatoms. The first-order valence-electron chi connectivity index (χ1n) is 9.70. The Morgan fingerprint density at radius 3 is 2.67 bits per heavy atom. The molecule has 0 atom stereocenters. The van der Waals surface area contributed by atoms with Crippen LogP contribution in [0.2, 0.25) is 0 Å². The third kappa shape index (κ3) is 3.40. The quantitative estimate of drug-likeness (QED) is 0.900. The molecule has 1 amide bonds. The van der Waals surface area contributed by atoms with Gasteiger partial charge in [-0.3, -0.25) is 9.59 Å². The molecule has 0 unspecified atom stereocenters. The van der Waals surface area contributed by atoms with Crippen LogP contribution in [0.3, 0.4) is 0 Å². The van der Waals surface area contributed by atoms with Gasteiger partial charge in [0, 0.05) is 24.9 Å². The normalized spacial score (nSPS) is 16.5. The average Bonchev–Trinajstić information content (AvgIpc) is 2.63. The van der Waals surface area contributed by atoms with E-state index in [1.165, 1.54) is 11.0 Å². The van der Waals surface area contributed by atoms with Crippen molar-refractivity contribution in [1.29, 1.82) is 0 Å². The first kappa shape index (κ1) is 17.9. The molecule has 142 valence electrons. The van der Waals surface area contributed by atoms with Crippen molar-refractivity contribution in [2.45, 2.75) is 51.4 Å². The van der Waals surface area contributed by atoms with Crippen LogP contribution >= 0.6 is 0 Å². The molecule has 1 N–H and O–H groups in total. The van der Waals surface area contributed by atoms with Crippen molar-refractivity contribution in [2.24, 2.45) is 5.92 Å². The summed E-state index contributed by atoms with van der Waals surface area (Å²) in [4.78, 5) is 25.9. The van der Waals surface area contributed by atoms with Gasteiger partial charge < -0.3 is 4.90 Å². The van der Waals surface area contributed by atoms with E-state index in [4.69, 9.17) is 0 Å². The van der Waals surface area contributed by atoms with Crippen LogP contribution in [0.1, 0.15) is 54.5 Å². The molecule has 1 heterocycles. The van der Waals surface area contributed by atoms with Crippen LogP contribution < -0.4 is 10.5 Å². The molecule has 0 aliphatic heterocycles. The fourth-order valence-corrected chi connectivity index (χ4v) is 4.04. The number of benzene rings is 1. The smallest absolute Gasteiger partial charge is 0.267 e. The maximum Gasteiger partial charge on any atom is 0.267 e. The van der Waals surface area contributed by atoms with Gasteiger partial charge in [0.1, 0.15) is 5.82 Å². The van der Waals surface area contributed by atoms with E-state index in [0.717, 1.165) is 67.3 Å². The summed E-state index contributed by atoms with van der Waals surface area (Å²) in [5.41, 5.74) is 3.81. The monoisotopic (exact) mass is 369 g/mol. The van der Waals surface area contributed by atoms with Crippen molar-refractivity contribution in [2.75, 3.05) is 11.9 Å². The molecular weight excluding hydrogens is 345 g/mol. The summed E-state index contributed by atoms with van der Waals surface area (Å²) in [6.07, 6.45) is 7.07.